The van der Waals surface area contributed by atoms with Gasteiger partial charge in [-0.15, -0.1) is 0 Å². The van der Waals surface area contributed by atoms with Crippen LogP contribution in [-0.2, 0) is 9.53 Å². The van der Waals surface area contributed by atoms with E-state index in [9.17, 15) is 9.59 Å². The molecule has 5 nitrogen and oxygen atoms in total. The third-order valence-electron chi connectivity index (χ3n) is 3.65. The maximum absolute atomic E-state index is 12.3. The third kappa shape index (κ3) is 5.02. The predicted molar refractivity (Wildman–Crippen MR) is 78.3 cm³/mol. The summed E-state index contributed by atoms with van der Waals surface area (Å²) < 4.78 is 4.77. The monoisotopic (exact) mass is 284 g/mol. The molecule has 1 N–H and O–H groups in total. The molecule has 0 aliphatic carbocycles. The third-order valence-corrected chi connectivity index (χ3v) is 3.65. The number of ether oxygens (including phenoxy) is 1. The number of amides is 2. The molecule has 5 heteroatoms. The number of carbonyl (C=O) groups excluding carboxylic acids is 2. The van der Waals surface area contributed by atoms with Crippen molar-refractivity contribution in [3.63, 3.8) is 0 Å². The van der Waals surface area contributed by atoms with Crippen molar-refractivity contribution >= 4 is 12.0 Å². The lowest BCUT2D eigenvalue weighted by Gasteiger charge is -2.35. The molecule has 1 rings (SSSR count). The number of nitrogens with one attached hydrogen (secondary N) is 1. The Morgan fingerprint density at radius 2 is 1.80 bits per heavy atom. The summed E-state index contributed by atoms with van der Waals surface area (Å²) in [6.07, 6.45) is 1.74. The fraction of sp³-hybridized carbons (Fsp3) is 0.867. The summed E-state index contributed by atoms with van der Waals surface area (Å²) >= 11 is 0. The van der Waals surface area contributed by atoms with Crippen molar-refractivity contribution in [2.75, 3.05) is 20.2 Å². The standard InChI is InChI=1S/C15H28N2O3/c1-10(2)6-13(14(18)20-5)16-15(19)17-8-11(3)7-12(4)9-17/h10-13H,6-9H2,1-5H3,(H,16,19). The number of likely N-dealkylation sites (tertiary alicyclic amines) is 1. The highest BCUT2D eigenvalue weighted by Gasteiger charge is 2.29. The van der Waals surface area contributed by atoms with E-state index in [4.69, 9.17) is 4.74 Å². The molecule has 2 amide bonds. The van der Waals surface area contributed by atoms with Crippen molar-refractivity contribution in [1.29, 1.82) is 0 Å². The zero-order valence-electron chi connectivity index (χ0n) is 13.3. The minimum atomic E-state index is -0.556. The highest BCUT2D eigenvalue weighted by molar-refractivity contribution is 5.83. The lowest BCUT2D eigenvalue weighted by atomic mass is 9.92. The number of esters is 1. The highest BCUT2D eigenvalue weighted by Crippen LogP contribution is 2.21. The molecule has 0 aromatic heterocycles. The van der Waals surface area contributed by atoms with Crippen molar-refractivity contribution in [2.24, 2.45) is 17.8 Å². The second-order valence-electron chi connectivity index (χ2n) is 6.51. The number of nitrogens with zero attached hydrogens (tertiary/aromatic N) is 1. The van der Waals surface area contributed by atoms with Gasteiger partial charge in [0.05, 0.1) is 7.11 Å². The summed E-state index contributed by atoms with van der Waals surface area (Å²) in [4.78, 5) is 25.9. The van der Waals surface area contributed by atoms with Crippen LogP contribution in [0.2, 0.25) is 0 Å². The average Bonchev–Trinajstić information content (AvgIpc) is 2.35. The van der Waals surface area contributed by atoms with Crippen molar-refractivity contribution in [1.82, 2.24) is 10.2 Å². The van der Waals surface area contributed by atoms with Gasteiger partial charge in [-0.2, -0.15) is 0 Å². The van der Waals surface area contributed by atoms with Crippen molar-refractivity contribution in [3.8, 4) is 0 Å². The topological polar surface area (TPSA) is 58.6 Å². The first-order valence-electron chi connectivity index (χ1n) is 7.46. The molecular weight excluding hydrogens is 256 g/mol. The molecule has 0 spiro atoms. The van der Waals surface area contributed by atoms with Gasteiger partial charge in [-0.05, 0) is 30.6 Å². The van der Waals surface area contributed by atoms with Crippen LogP contribution in [0.5, 0.6) is 0 Å². The Hall–Kier alpha value is -1.26. The first-order chi connectivity index (χ1) is 9.33. The Kier molecular flexibility index (Phi) is 6.30. The number of piperidine rings is 1. The second-order valence-corrected chi connectivity index (χ2v) is 6.51. The molecular formula is C15H28N2O3. The van der Waals surface area contributed by atoms with E-state index in [1.54, 1.807) is 0 Å². The fourth-order valence-electron chi connectivity index (χ4n) is 2.90. The number of urea groups is 1. The molecule has 20 heavy (non-hydrogen) atoms. The van der Waals surface area contributed by atoms with Gasteiger partial charge in [-0.1, -0.05) is 27.7 Å². The first kappa shape index (κ1) is 16.8. The van der Waals surface area contributed by atoms with E-state index in [-0.39, 0.29) is 12.0 Å². The number of carbonyl (C=O) groups is 2. The zero-order chi connectivity index (χ0) is 15.3. The zero-order valence-corrected chi connectivity index (χ0v) is 13.3. The number of methoxy groups -OCH3 is 1. The van der Waals surface area contributed by atoms with E-state index < -0.39 is 6.04 Å². The lowest BCUT2D eigenvalue weighted by Crippen LogP contribution is -2.52. The molecule has 1 fully saturated rings. The summed E-state index contributed by atoms with van der Waals surface area (Å²) in [5, 5.41) is 2.82. The smallest absolute Gasteiger partial charge is 0.328 e. The van der Waals surface area contributed by atoms with Crippen LogP contribution in [0, 0.1) is 17.8 Å². The number of rotatable bonds is 4. The quantitative estimate of drug-likeness (QED) is 0.806. The van der Waals surface area contributed by atoms with Gasteiger partial charge < -0.3 is 15.0 Å². The molecule has 1 heterocycles. The van der Waals surface area contributed by atoms with Crippen molar-refractivity contribution < 1.29 is 14.3 Å². The molecule has 3 unspecified atom stereocenters. The molecule has 1 aliphatic heterocycles. The van der Waals surface area contributed by atoms with Crippen molar-refractivity contribution in [2.45, 2.75) is 46.6 Å². The molecule has 1 saturated heterocycles. The van der Waals surface area contributed by atoms with Crippen LogP contribution in [0.3, 0.4) is 0 Å². The second kappa shape index (κ2) is 7.50. The molecule has 0 radical (unpaired) electrons. The maximum Gasteiger partial charge on any atom is 0.328 e. The van der Waals surface area contributed by atoms with Crippen LogP contribution >= 0.6 is 0 Å². The lowest BCUT2D eigenvalue weighted by molar-refractivity contribution is -0.143. The minimum Gasteiger partial charge on any atom is -0.467 e. The van der Waals surface area contributed by atoms with Crippen LogP contribution in [0.25, 0.3) is 0 Å². The fourth-order valence-corrected chi connectivity index (χ4v) is 2.90. The maximum atomic E-state index is 12.3. The van der Waals surface area contributed by atoms with Crippen molar-refractivity contribution in [3.05, 3.63) is 0 Å². The van der Waals surface area contributed by atoms with E-state index in [1.807, 2.05) is 18.7 Å². The molecule has 0 saturated carbocycles. The Balaban J connectivity index is 2.62. The summed E-state index contributed by atoms with van der Waals surface area (Å²) in [6.45, 7) is 9.86. The molecule has 0 aromatic carbocycles. The van der Waals surface area contributed by atoms with Crippen LogP contribution < -0.4 is 5.32 Å². The van der Waals surface area contributed by atoms with Crippen LogP contribution in [0.4, 0.5) is 4.79 Å². The van der Waals surface area contributed by atoms with Crippen LogP contribution in [0.15, 0.2) is 0 Å². The average molecular weight is 284 g/mol. The molecule has 0 bridgehead atoms. The highest BCUT2D eigenvalue weighted by atomic mass is 16.5. The number of hydrogen-bond acceptors (Lipinski definition) is 3. The number of hydrogen-bond donors (Lipinski definition) is 1. The Bertz CT molecular complexity index is 334. The van der Waals surface area contributed by atoms with Gasteiger partial charge in [-0.3, -0.25) is 0 Å². The van der Waals surface area contributed by atoms with E-state index in [0.717, 1.165) is 19.5 Å². The normalized spacial score (nSPS) is 24.4. The van der Waals surface area contributed by atoms with E-state index in [0.29, 0.717) is 24.2 Å². The largest absolute Gasteiger partial charge is 0.467 e. The molecule has 3 atom stereocenters. The van der Waals surface area contributed by atoms with Gasteiger partial charge in [0.25, 0.3) is 0 Å². The van der Waals surface area contributed by atoms with Gasteiger partial charge in [0, 0.05) is 13.1 Å². The van der Waals surface area contributed by atoms with E-state index >= 15 is 0 Å². The van der Waals surface area contributed by atoms with Crippen LogP contribution in [0.1, 0.15) is 40.5 Å². The Morgan fingerprint density at radius 1 is 1.25 bits per heavy atom. The molecule has 0 aromatic rings. The predicted octanol–water partition coefficient (Wildman–Crippen LogP) is 2.26. The van der Waals surface area contributed by atoms with E-state index in [2.05, 4.69) is 19.2 Å². The summed E-state index contributed by atoms with van der Waals surface area (Å²) in [6, 6.07) is -0.709. The first-order valence-corrected chi connectivity index (χ1v) is 7.46. The van der Waals surface area contributed by atoms with Crippen LogP contribution in [-0.4, -0.2) is 43.1 Å². The summed E-state index contributed by atoms with van der Waals surface area (Å²) in [5.74, 6) is 0.959. The summed E-state index contributed by atoms with van der Waals surface area (Å²) in [5.41, 5.74) is 0. The molecule has 116 valence electrons. The summed E-state index contributed by atoms with van der Waals surface area (Å²) in [7, 11) is 1.35. The van der Waals surface area contributed by atoms with E-state index in [1.165, 1.54) is 7.11 Å². The Labute approximate surface area is 122 Å². The van der Waals surface area contributed by atoms with Gasteiger partial charge in [0.1, 0.15) is 6.04 Å². The van der Waals surface area contributed by atoms with Gasteiger partial charge in [0.15, 0.2) is 0 Å². The van der Waals surface area contributed by atoms with Gasteiger partial charge >= 0.3 is 12.0 Å². The minimum absolute atomic E-state index is 0.153. The van der Waals surface area contributed by atoms with Gasteiger partial charge in [0.2, 0.25) is 0 Å². The SMILES string of the molecule is COC(=O)C(CC(C)C)NC(=O)N1CC(C)CC(C)C1. The Morgan fingerprint density at radius 3 is 2.25 bits per heavy atom. The molecule has 1 aliphatic rings. The van der Waals surface area contributed by atoms with Gasteiger partial charge in [-0.25, -0.2) is 9.59 Å².